The van der Waals surface area contributed by atoms with Gasteiger partial charge in [0.1, 0.15) is 5.01 Å². The normalized spacial score (nSPS) is 11.3. The Morgan fingerprint density at radius 2 is 2.00 bits per heavy atom. The fourth-order valence-corrected chi connectivity index (χ4v) is 2.95. The van der Waals surface area contributed by atoms with Crippen molar-refractivity contribution in [3.8, 4) is 10.6 Å². The highest BCUT2D eigenvalue weighted by molar-refractivity contribution is 7.15. The SMILES string of the molecule is Cc1nc(-c2ccc(Cl)c(Cl)c2)sc1CNC(C)C. The first-order chi connectivity index (χ1) is 8.97. The number of hydrogen-bond donors (Lipinski definition) is 1. The molecule has 0 saturated carbocycles. The average molecular weight is 315 g/mol. The third kappa shape index (κ3) is 3.69. The molecule has 0 aliphatic rings. The maximum Gasteiger partial charge on any atom is 0.123 e. The van der Waals surface area contributed by atoms with Gasteiger partial charge in [0.05, 0.1) is 15.7 Å². The van der Waals surface area contributed by atoms with E-state index in [4.69, 9.17) is 23.2 Å². The molecule has 19 heavy (non-hydrogen) atoms. The smallest absolute Gasteiger partial charge is 0.123 e. The Hall–Kier alpha value is -0.610. The van der Waals surface area contributed by atoms with Crippen LogP contribution in [0, 0.1) is 6.92 Å². The van der Waals surface area contributed by atoms with Crippen LogP contribution in [0.5, 0.6) is 0 Å². The van der Waals surface area contributed by atoms with Crippen LogP contribution in [0.3, 0.4) is 0 Å². The van der Waals surface area contributed by atoms with Crippen LogP contribution in [0.2, 0.25) is 10.0 Å². The molecule has 0 unspecified atom stereocenters. The van der Waals surface area contributed by atoms with Crippen molar-refractivity contribution in [2.24, 2.45) is 0 Å². The van der Waals surface area contributed by atoms with Crippen LogP contribution >= 0.6 is 34.5 Å². The molecule has 2 aromatic rings. The molecule has 5 heteroatoms. The number of nitrogens with zero attached hydrogens (tertiary/aromatic N) is 1. The van der Waals surface area contributed by atoms with Crippen LogP contribution in [0.25, 0.3) is 10.6 Å². The molecule has 2 rings (SSSR count). The lowest BCUT2D eigenvalue weighted by Crippen LogP contribution is -2.21. The Morgan fingerprint density at radius 1 is 1.26 bits per heavy atom. The van der Waals surface area contributed by atoms with Crippen LogP contribution in [0.1, 0.15) is 24.4 Å². The molecule has 1 aromatic carbocycles. The van der Waals surface area contributed by atoms with E-state index in [1.165, 1.54) is 4.88 Å². The highest BCUT2D eigenvalue weighted by Crippen LogP contribution is 2.32. The molecular weight excluding hydrogens is 299 g/mol. The average Bonchev–Trinajstić information content (AvgIpc) is 2.71. The molecule has 1 N–H and O–H groups in total. The molecule has 0 radical (unpaired) electrons. The second kappa shape index (κ2) is 6.23. The molecule has 0 saturated heterocycles. The minimum atomic E-state index is 0.468. The van der Waals surface area contributed by atoms with Crippen LogP contribution in [0.15, 0.2) is 18.2 Å². The van der Waals surface area contributed by atoms with Gasteiger partial charge < -0.3 is 5.32 Å². The van der Waals surface area contributed by atoms with E-state index in [0.29, 0.717) is 16.1 Å². The van der Waals surface area contributed by atoms with Gasteiger partial charge in [0, 0.05) is 23.0 Å². The van der Waals surface area contributed by atoms with E-state index in [9.17, 15) is 0 Å². The Morgan fingerprint density at radius 3 is 2.63 bits per heavy atom. The molecule has 0 spiro atoms. The van der Waals surface area contributed by atoms with Crippen molar-refractivity contribution in [2.75, 3.05) is 0 Å². The van der Waals surface area contributed by atoms with Gasteiger partial charge >= 0.3 is 0 Å². The molecule has 0 bridgehead atoms. The predicted molar refractivity (Wildman–Crippen MR) is 84.3 cm³/mol. The summed E-state index contributed by atoms with van der Waals surface area (Å²) in [5, 5.41) is 5.53. The zero-order valence-electron chi connectivity index (χ0n) is 11.1. The van der Waals surface area contributed by atoms with E-state index < -0.39 is 0 Å². The van der Waals surface area contributed by atoms with Gasteiger partial charge in [0.15, 0.2) is 0 Å². The van der Waals surface area contributed by atoms with Crippen LogP contribution in [0.4, 0.5) is 0 Å². The zero-order chi connectivity index (χ0) is 14.0. The number of benzene rings is 1. The lowest BCUT2D eigenvalue weighted by molar-refractivity contribution is 0.591. The fraction of sp³-hybridized carbons (Fsp3) is 0.357. The summed E-state index contributed by atoms with van der Waals surface area (Å²) in [5.41, 5.74) is 2.08. The predicted octanol–water partition coefficient (Wildman–Crippen LogP) is 4.92. The number of aromatic nitrogens is 1. The fourth-order valence-electron chi connectivity index (χ4n) is 1.64. The molecule has 102 valence electrons. The van der Waals surface area contributed by atoms with E-state index >= 15 is 0 Å². The van der Waals surface area contributed by atoms with Crippen molar-refractivity contribution in [1.29, 1.82) is 0 Å². The first kappa shape index (κ1) is 14.8. The molecule has 0 aliphatic heterocycles. The Balaban J connectivity index is 2.25. The second-order valence-corrected chi connectivity index (χ2v) is 6.59. The molecule has 0 amide bonds. The first-order valence-electron chi connectivity index (χ1n) is 6.12. The van der Waals surface area contributed by atoms with Crippen molar-refractivity contribution >= 4 is 34.5 Å². The van der Waals surface area contributed by atoms with E-state index in [2.05, 4.69) is 24.1 Å². The van der Waals surface area contributed by atoms with Crippen molar-refractivity contribution in [2.45, 2.75) is 33.4 Å². The van der Waals surface area contributed by atoms with Gasteiger partial charge in [-0.05, 0) is 19.1 Å². The molecule has 1 aromatic heterocycles. The number of aryl methyl sites for hydroxylation is 1. The molecule has 0 fully saturated rings. The van der Waals surface area contributed by atoms with Crippen molar-refractivity contribution in [1.82, 2.24) is 10.3 Å². The lowest BCUT2D eigenvalue weighted by Gasteiger charge is -2.05. The molecular formula is C14H16Cl2N2S. The minimum absolute atomic E-state index is 0.468. The van der Waals surface area contributed by atoms with Gasteiger partial charge in [0.25, 0.3) is 0 Å². The van der Waals surface area contributed by atoms with E-state index in [-0.39, 0.29) is 0 Å². The van der Waals surface area contributed by atoms with Gasteiger partial charge in [-0.3, -0.25) is 0 Å². The summed E-state index contributed by atoms with van der Waals surface area (Å²) in [7, 11) is 0. The number of thiazole rings is 1. The van der Waals surface area contributed by atoms with E-state index in [1.54, 1.807) is 11.3 Å². The highest BCUT2D eigenvalue weighted by Gasteiger charge is 2.10. The standard InChI is InChI=1S/C14H16Cl2N2S/c1-8(2)17-7-13-9(3)18-14(19-13)10-4-5-11(15)12(16)6-10/h4-6,8,17H,7H2,1-3H3. The third-order valence-corrected chi connectivity index (χ3v) is 4.68. The summed E-state index contributed by atoms with van der Waals surface area (Å²) >= 11 is 13.7. The number of rotatable bonds is 4. The first-order valence-corrected chi connectivity index (χ1v) is 7.69. The van der Waals surface area contributed by atoms with Gasteiger partial charge in [-0.15, -0.1) is 11.3 Å². The minimum Gasteiger partial charge on any atom is -0.310 e. The summed E-state index contributed by atoms with van der Waals surface area (Å²) in [6.07, 6.45) is 0. The summed E-state index contributed by atoms with van der Waals surface area (Å²) in [6, 6.07) is 6.09. The second-order valence-electron chi connectivity index (χ2n) is 4.69. The van der Waals surface area contributed by atoms with Crippen molar-refractivity contribution in [3.63, 3.8) is 0 Å². The van der Waals surface area contributed by atoms with Gasteiger partial charge in [-0.1, -0.05) is 43.1 Å². The van der Waals surface area contributed by atoms with Gasteiger partial charge in [-0.25, -0.2) is 4.98 Å². The Labute approximate surface area is 127 Å². The summed E-state index contributed by atoms with van der Waals surface area (Å²) < 4.78 is 0. The van der Waals surface area contributed by atoms with Crippen molar-refractivity contribution < 1.29 is 0 Å². The largest absolute Gasteiger partial charge is 0.310 e. The maximum atomic E-state index is 6.05. The molecule has 0 atom stereocenters. The van der Waals surface area contributed by atoms with Gasteiger partial charge in [0.2, 0.25) is 0 Å². The third-order valence-electron chi connectivity index (χ3n) is 2.73. The van der Waals surface area contributed by atoms with Crippen LogP contribution < -0.4 is 5.32 Å². The van der Waals surface area contributed by atoms with E-state index in [1.807, 2.05) is 25.1 Å². The van der Waals surface area contributed by atoms with Crippen LogP contribution in [-0.2, 0) is 6.54 Å². The Bertz CT molecular complexity index is 579. The quantitative estimate of drug-likeness (QED) is 0.866. The Kier molecular flexibility index (Phi) is 4.85. The maximum absolute atomic E-state index is 6.05. The number of hydrogen-bond acceptors (Lipinski definition) is 3. The summed E-state index contributed by atoms with van der Waals surface area (Å²) in [4.78, 5) is 5.87. The topological polar surface area (TPSA) is 24.9 Å². The molecule has 0 aliphatic carbocycles. The van der Waals surface area contributed by atoms with Crippen molar-refractivity contribution in [3.05, 3.63) is 38.8 Å². The summed E-state index contributed by atoms with van der Waals surface area (Å²) in [5.74, 6) is 0. The number of nitrogens with one attached hydrogen (secondary N) is 1. The highest BCUT2D eigenvalue weighted by atomic mass is 35.5. The monoisotopic (exact) mass is 314 g/mol. The summed E-state index contributed by atoms with van der Waals surface area (Å²) in [6.45, 7) is 7.16. The number of halogens is 2. The molecule has 1 heterocycles. The van der Waals surface area contributed by atoms with Crippen LogP contribution in [-0.4, -0.2) is 11.0 Å². The van der Waals surface area contributed by atoms with E-state index in [0.717, 1.165) is 22.8 Å². The lowest BCUT2D eigenvalue weighted by atomic mass is 10.2. The van der Waals surface area contributed by atoms with Gasteiger partial charge in [-0.2, -0.15) is 0 Å². The zero-order valence-corrected chi connectivity index (χ0v) is 13.5. The molecule has 2 nitrogen and oxygen atoms in total.